The monoisotopic (exact) mass is 248 g/mol. The van der Waals surface area contributed by atoms with Crippen molar-refractivity contribution in [3.63, 3.8) is 0 Å². The van der Waals surface area contributed by atoms with Crippen molar-refractivity contribution in [3.8, 4) is 0 Å². The summed E-state index contributed by atoms with van der Waals surface area (Å²) in [7, 11) is -3.05. The Balaban J connectivity index is 2.24. The van der Waals surface area contributed by atoms with Crippen molar-refractivity contribution in [1.82, 2.24) is 10.0 Å². The van der Waals surface area contributed by atoms with E-state index in [1.165, 1.54) is 19.1 Å². The molecule has 0 saturated heterocycles. The van der Waals surface area contributed by atoms with E-state index >= 15 is 0 Å². The van der Waals surface area contributed by atoms with Crippen LogP contribution in [-0.4, -0.2) is 33.8 Å². The maximum atomic E-state index is 10.9. The summed E-state index contributed by atoms with van der Waals surface area (Å²) in [6.45, 7) is 8.02. The number of sulfonamides is 1. The van der Waals surface area contributed by atoms with Gasteiger partial charge >= 0.3 is 0 Å². The molecule has 0 bridgehead atoms. The van der Waals surface area contributed by atoms with Crippen LogP contribution < -0.4 is 10.0 Å². The zero-order chi connectivity index (χ0) is 12.4. The van der Waals surface area contributed by atoms with Gasteiger partial charge < -0.3 is 5.32 Å². The summed E-state index contributed by atoms with van der Waals surface area (Å²) < 4.78 is 24.2. The van der Waals surface area contributed by atoms with Crippen LogP contribution in [0.4, 0.5) is 0 Å². The third kappa shape index (κ3) is 4.80. The molecule has 96 valence electrons. The minimum atomic E-state index is -3.05. The van der Waals surface area contributed by atoms with Crippen LogP contribution in [0.15, 0.2) is 0 Å². The van der Waals surface area contributed by atoms with E-state index in [0.717, 1.165) is 0 Å². The number of rotatable bonds is 5. The van der Waals surface area contributed by atoms with Crippen LogP contribution in [0.2, 0.25) is 0 Å². The van der Waals surface area contributed by atoms with Gasteiger partial charge in [0.05, 0.1) is 6.26 Å². The summed E-state index contributed by atoms with van der Waals surface area (Å²) in [5.74, 6) is 0.674. The molecule has 0 radical (unpaired) electrons. The van der Waals surface area contributed by atoms with E-state index < -0.39 is 10.0 Å². The Bertz CT molecular complexity index is 325. The molecule has 2 N–H and O–H groups in total. The fourth-order valence-corrected chi connectivity index (χ4v) is 3.13. The summed E-state index contributed by atoms with van der Waals surface area (Å²) in [5.41, 5.74) is 0.418. The molecule has 1 aliphatic carbocycles. The van der Waals surface area contributed by atoms with Crippen molar-refractivity contribution in [2.24, 2.45) is 11.3 Å². The molecule has 0 aromatic heterocycles. The fourth-order valence-electron chi connectivity index (χ4n) is 2.66. The van der Waals surface area contributed by atoms with E-state index in [1.807, 2.05) is 0 Å². The summed E-state index contributed by atoms with van der Waals surface area (Å²) in [6, 6.07) is 0.524. The lowest BCUT2D eigenvalue weighted by Crippen LogP contribution is -2.38. The van der Waals surface area contributed by atoms with Gasteiger partial charge in [0.2, 0.25) is 10.0 Å². The SMILES string of the molecule is C[C@H]1CC(C)(C)C[C@@H]1NCCNS(C)(=O)=O. The second kappa shape index (κ2) is 5.02. The van der Waals surface area contributed by atoms with Gasteiger partial charge in [-0.3, -0.25) is 0 Å². The third-order valence-electron chi connectivity index (χ3n) is 3.23. The van der Waals surface area contributed by atoms with Gasteiger partial charge in [-0.15, -0.1) is 0 Å². The molecule has 1 saturated carbocycles. The van der Waals surface area contributed by atoms with Crippen LogP contribution in [0.25, 0.3) is 0 Å². The van der Waals surface area contributed by atoms with Crippen molar-refractivity contribution < 1.29 is 8.42 Å². The van der Waals surface area contributed by atoms with Crippen LogP contribution in [-0.2, 0) is 10.0 Å². The van der Waals surface area contributed by atoms with Crippen LogP contribution in [0.1, 0.15) is 33.6 Å². The number of hydrogen-bond donors (Lipinski definition) is 2. The molecule has 0 heterocycles. The molecule has 1 aliphatic rings. The summed E-state index contributed by atoms with van der Waals surface area (Å²) in [5, 5.41) is 3.43. The van der Waals surface area contributed by atoms with Gasteiger partial charge in [-0.05, 0) is 24.2 Å². The number of nitrogens with one attached hydrogen (secondary N) is 2. The molecule has 0 aliphatic heterocycles. The van der Waals surface area contributed by atoms with Gasteiger partial charge in [0.25, 0.3) is 0 Å². The molecule has 0 amide bonds. The van der Waals surface area contributed by atoms with Crippen LogP contribution in [0, 0.1) is 11.3 Å². The molecule has 1 fully saturated rings. The van der Waals surface area contributed by atoms with Crippen molar-refractivity contribution in [3.05, 3.63) is 0 Å². The zero-order valence-corrected chi connectivity index (χ0v) is 11.5. The lowest BCUT2D eigenvalue weighted by molar-refractivity contribution is 0.362. The van der Waals surface area contributed by atoms with Gasteiger partial charge in [-0.1, -0.05) is 20.8 Å². The zero-order valence-electron chi connectivity index (χ0n) is 10.7. The summed E-state index contributed by atoms with van der Waals surface area (Å²) >= 11 is 0. The van der Waals surface area contributed by atoms with Gasteiger partial charge in [-0.25, -0.2) is 13.1 Å². The Kier molecular flexibility index (Phi) is 4.37. The highest BCUT2D eigenvalue weighted by Gasteiger charge is 2.35. The highest BCUT2D eigenvalue weighted by Crippen LogP contribution is 2.40. The second-order valence-corrected chi connectivity index (χ2v) is 7.61. The van der Waals surface area contributed by atoms with E-state index in [0.29, 0.717) is 30.5 Å². The molecule has 0 aromatic carbocycles. The predicted molar refractivity (Wildman–Crippen MR) is 66.8 cm³/mol. The molecule has 4 nitrogen and oxygen atoms in total. The lowest BCUT2D eigenvalue weighted by Gasteiger charge is -2.18. The van der Waals surface area contributed by atoms with E-state index in [1.54, 1.807) is 0 Å². The van der Waals surface area contributed by atoms with Gasteiger partial charge in [0.1, 0.15) is 0 Å². The number of hydrogen-bond acceptors (Lipinski definition) is 3. The quantitative estimate of drug-likeness (QED) is 0.712. The van der Waals surface area contributed by atoms with Gasteiger partial charge in [0.15, 0.2) is 0 Å². The molecule has 2 atom stereocenters. The van der Waals surface area contributed by atoms with Gasteiger partial charge in [0, 0.05) is 19.1 Å². The molecule has 5 heteroatoms. The highest BCUT2D eigenvalue weighted by atomic mass is 32.2. The van der Waals surface area contributed by atoms with E-state index in [2.05, 4.69) is 30.8 Å². The standard InChI is InChI=1S/C11H24N2O2S/c1-9-7-11(2,3)8-10(9)12-5-6-13-16(4,14)15/h9-10,12-13H,5-8H2,1-4H3/t9-,10-/m0/s1. The Hall–Kier alpha value is -0.130. The Morgan fingerprint density at radius 2 is 1.88 bits per heavy atom. The maximum absolute atomic E-state index is 10.9. The van der Waals surface area contributed by atoms with E-state index in [9.17, 15) is 8.42 Å². The predicted octanol–water partition coefficient (Wildman–Crippen LogP) is 0.950. The third-order valence-corrected chi connectivity index (χ3v) is 3.96. The van der Waals surface area contributed by atoms with Crippen LogP contribution >= 0.6 is 0 Å². The Morgan fingerprint density at radius 1 is 1.25 bits per heavy atom. The molecular weight excluding hydrogens is 224 g/mol. The Morgan fingerprint density at radius 3 is 2.31 bits per heavy atom. The van der Waals surface area contributed by atoms with E-state index in [-0.39, 0.29) is 0 Å². The first kappa shape index (κ1) is 13.9. The first-order chi connectivity index (χ1) is 7.20. The molecule has 0 aromatic rings. The average Bonchev–Trinajstić information content (AvgIpc) is 2.32. The van der Waals surface area contributed by atoms with Crippen molar-refractivity contribution in [2.45, 2.75) is 39.7 Å². The highest BCUT2D eigenvalue weighted by molar-refractivity contribution is 7.88. The van der Waals surface area contributed by atoms with Crippen LogP contribution in [0.5, 0.6) is 0 Å². The van der Waals surface area contributed by atoms with E-state index in [4.69, 9.17) is 0 Å². The lowest BCUT2D eigenvalue weighted by atomic mass is 9.91. The minimum Gasteiger partial charge on any atom is -0.312 e. The molecule has 0 unspecified atom stereocenters. The molecular formula is C11H24N2O2S. The molecule has 1 rings (SSSR count). The Labute approximate surface area is 99.2 Å². The first-order valence-electron chi connectivity index (χ1n) is 5.88. The average molecular weight is 248 g/mol. The summed E-state index contributed by atoms with van der Waals surface area (Å²) in [4.78, 5) is 0. The largest absolute Gasteiger partial charge is 0.312 e. The van der Waals surface area contributed by atoms with Gasteiger partial charge in [-0.2, -0.15) is 0 Å². The smallest absolute Gasteiger partial charge is 0.208 e. The normalized spacial score (nSPS) is 29.5. The van der Waals surface area contributed by atoms with Crippen LogP contribution in [0.3, 0.4) is 0 Å². The molecule has 0 spiro atoms. The van der Waals surface area contributed by atoms with Crippen molar-refractivity contribution in [2.75, 3.05) is 19.3 Å². The fraction of sp³-hybridized carbons (Fsp3) is 1.00. The topological polar surface area (TPSA) is 58.2 Å². The first-order valence-corrected chi connectivity index (χ1v) is 7.77. The van der Waals surface area contributed by atoms with Crippen molar-refractivity contribution in [1.29, 1.82) is 0 Å². The molecule has 16 heavy (non-hydrogen) atoms. The van der Waals surface area contributed by atoms with Crippen molar-refractivity contribution >= 4 is 10.0 Å². The second-order valence-electron chi connectivity index (χ2n) is 5.78. The summed E-state index contributed by atoms with van der Waals surface area (Å²) in [6.07, 6.45) is 3.60. The maximum Gasteiger partial charge on any atom is 0.208 e. The minimum absolute atomic E-state index is 0.418.